The number of sulfone groups is 1. The van der Waals surface area contributed by atoms with Gasteiger partial charge in [0.2, 0.25) is 0 Å². The van der Waals surface area contributed by atoms with Gasteiger partial charge in [0.25, 0.3) is 5.69 Å². The van der Waals surface area contributed by atoms with E-state index in [0.29, 0.717) is 5.75 Å². The molecule has 0 unspecified atom stereocenters. The Bertz CT molecular complexity index is 814. The summed E-state index contributed by atoms with van der Waals surface area (Å²) in [4.78, 5) is 10.1. The van der Waals surface area contributed by atoms with Crippen molar-refractivity contribution in [2.45, 2.75) is 18.7 Å². The highest BCUT2D eigenvalue weighted by Crippen LogP contribution is 2.33. The lowest BCUT2D eigenvalue weighted by Gasteiger charge is -2.12. The second kappa shape index (κ2) is 6.15. The molecule has 22 heavy (non-hydrogen) atoms. The first kappa shape index (κ1) is 16.0. The van der Waals surface area contributed by atoms with Crippen LogP contribution in [0.4, 0.5) is 5.69 Å². The first-order valence-corrected chi connectivity index (χ1v) is 8.25. The van der Waals surface area contributed by atoms with Gasteiger partial charge < -0.3 is 4.74 Å². The van der Waals surface area contributed by atoms with E-state index in [0.717, 1.165) is 11.6 Å². The molecule has 0 aromatic heterocycles. The van der Waals surface area contributed by atoms with Crippen LogP contribution in [-0.4, -0.2) is 19.1 Å². The third kappa shape index (κ3) is 3.25. The molecule has 0 heterocycles. The number of benzene rings is 2. The van der Waals surface area contributed by atoms with Gasteiger partial charge in [0.05, 0.1) is 10.7 Å². The molecule has 0 radical (unpaired) electrons. The Morgan fingerprint density at radius 3 is 2.41 bits per heavy atom. The van der Waals surface area contributed by atoms with Crippen LogP contribution in [0.5, 0.6) is 11.5 Å². The van der Waals surface area contributed by atoms with Crippen LogP contribution in [0.2, 0.25) is 0 Å². The summed E-state index contributed by atoms with van der Waals surface area (Å²) in [6, 6.07) is 10.7. The van der Waals surface area contributed by atoms with Crippen LogP contribution in [0, 0.1) is 17.0 Å². The third-order valence-electron chi connectivity index (χ3n) is 3.17. The normalized spacial score (nSPS) is 11.2. The van der Waals surface area contributed by atoms with Gasteiger partial charge in [-0.2, -0.15) is 0 Å². The monoisotopic (exact) mass is 321 g/mol. The Morgan fingerprint density at radius 2 is 1.82 bits per heavy atom. The van der Waals surface area contributed by atoms with Gasteiger partial charge >= 0.3 is 0 Å². The SMILES string of the molecule is CCS(=O)(=O)c1cc([N+](=O)[O-])ccc1Oc1ccccc1C. The van der Waals surface area contributed by atoms with E-state index in [1.54, 1.807) is 12.1 Å². The zero-order valence-corrected chi connectivity index (χ0v) is 13.0. The number of ether oxygens (including phenoxy) is 1. The zero-order valence-electron chi connectivity index (χ0n) is 12.1. The van der Waals surface area contributed by atoms with Crippen molar-refractivity contribution in [2.75, 3.05) is 5.75 Å². The number of nitro benzene ring substituents is 1. The van der Waals surface area contributed by atoms with Gasteiger partial charge in [-0.3, -0.25) is 10.1 Å². The molecular formula is C15H15NO5S. The minimum Gasteiger partial charge on any atom is -0.456 e. The molecule has 0 N–H and O–H groups in total. The van der Waals surface area contributed by atoms with Crippen LogP contribution in [0.25, 0.3) is 0 Å². The van der Waals surface area contributed by atoms with Crippen molar-refractivity contribution in [3.05, 3.63) is 58.1 Å². The Hall–Kier alpha value is -2.41. The maximum Gasteiger partial charge on any atom is 0.271 e. The van der Waals surface area contributed by atoms with E-state index in [1.165, 1.54) is 19.1 Å². The number of hydrogen-bond donors (Lipinski definition) is 0. The summed E-state index contributed by atoms with van der Waals surface area (Å²) >= 11 is 0. The summed E-state index contributed by atoms with van der Waals surface area (Å²) in [6.45, 7) is 3.31. The lowest BCUT2D eigenvalue weighted by atomic mass is 10.2. The van der Waals surface area contributed by atoms with Crippen LogP contribution < -0.4 is 4.74 Å². The predicted octanol–water partition coefficient (Wildman–Crippen LogP) is 3.49. The van der Waals surface area contributed by atoms with Crippen molar-refractivity contribution in [1.82, 2.24) is 0 Å². The van der Waals surface area contributed by atoms with Crippen LogP contribution in [0.1, 0.15) is 12.5 Å². The molecule has 0 aliphatic carbocycles. The number of para-hydroxylation sites is 1. The number of nitro groups is 1. The van der Waals surface area contributed by atoms with Crippen molar-refractivity contribution in [3.63, 3.8) is 0 Å². The summed E-state index contributed by atoms with van der Waals surface area (Å²) in [5.41, 5.74) is 0.546. The fourth-order valence-electron chi connectivity index (χ4n) is 1.88. The maximum absolute atomic E-state index is 12.2. The molecule has 0 saturated carbocycles. The van der Waals surface area contributed by atoms with E-state index in [4.69, 9.17) is 4.74 Å². The van der Waals surface area contributed by atoms with Crippen molar-refractivity contribution in [2.24, 2.45) is 0 Å². The van der Waals surface area contributed by atoms with E-state index in [-0.39, 0.29) is 22.1 Å². The van der Waals surface area contributed by atoms with E-state index in [9.17, 15) is 18.5 Å². The maximum atomic E-state index is 12.2. The molecule has 2 aromatic carbocycles. The zero-order chi connectivity index (χ0) is 16.3. The Balaban J connectivity index is 2.56. The van der Waals surface area contributed by atoms with E-state index in [1.807, 2.05) is 19.1 Å². The summed E-state index contributed by atoms with van der Waals surface area (Å²) in [5, 5.41) is 10.9. The average Bonchev–Trinajstić information content (AvgIpc) is 2.49. The molecule has 0 saturated heterocycles. The van der Waals surface area contributed by atoms with Crippen LogP contribution in [0.15, 0.2) is 47.4 Å². The van der Waals surface area contributed by atoms with E-state index >= 15 is 0 Å². The van der Waals surface area contributed by atoms with Crippen molar-refractivity contribution in [1.29, 1.82) is 0 Å². The molecular weight excluding hydrogens is 306 g/mol. The van der Waals surface area contributed by atoms with Crippen molar-refractivity contribution in [3.8, 4) is 11.5 Å². The van der Waals surface area contributed by atoms with Gasteiger partial charge in [-0.25, -0.2) is 8.42 Å². The van der Waals surface area contributed by atoms with Crippen LogP contribution in [0.3, 0.4) is 0 Å². The van der Waals surface area contributed by atoms with Gasteiger partial charge in [0.1, 0.15) is 16.4 Å². The summed E-state index contributed by atoms with van der Waals surface area (Å²) in [7, 11) is -3.65. The molecule has 0 aliphatic heterocycles. The molecule has 116 valence electrons. The van der Waals surface area contributed by atoms with Gasteiger partial charge in [-0.1, -0.05) is 25.1 Å². The van der Waals surface area contributed by atoms with E-state index < -0.39 is 14.8 Å². The molecule has 6 nitrogen and oxygen atoms in total. The van der Waals surface area contributed by atoms with E-state index in [2.05, 4.69) is 0 Å². The highest BCUT2D eigenvalue weighted by atomic mass is 32.2. The first-order valence-electron chi connectivity index (χ1n) is 6.60. The van der Waals surface area contributed by atoms with Crippen molar-refractivity contribution < 1.29 is 18.1 Å². The standard InChI is InChI=1S/C15H15NO5S/c1-3-22(19,20)15-10-12(16(17)18)8-9-14(15)21-13-7-5-4-6-11(13)2/h4-10H,3H2,1-2H3. The van der Waals surface area contributed by atoms with Crippen LogP contribution in [-0.2, 0) is 9.84 Å². The lowest BCUT2D eigenvalue weighted by molar-refractivity contribution is -0.385. The molecule has 0 bridgehead atoms. The minimum atomic E-state index is -3.65. The number of aryl methyl sites for hydroxylation is 1. The summed E-state index contributed by atoms with van der Waals surface area (Å²) in [6.07, 6.45) is 0. The minimum absolute atomic E-state index is 0.0850. The van der Waals surface area contributed by atoms with Crippen LogP contribution >= 0.6 is 0 Å². The molecule has 7 heteroatoms. The summed E-state index contributed by atoms with van der Waals surface area (Å²) in [5.74, 6) is 0.420. The van der Waals surface area contributed by atoms with Gasteiger partial charge in [-0.15, -0.1) is 0 Å². The third-order valence-corrected chi connectivity index (χ3v) is 4.92. The number of rotatable bonds is 5. The number of hydrogen-bond acceptors (Lipinski definition) is 5. The van der Waals surface area contributed by atoms with Gasteiger partial charge in [0.15, 0.2) is 9.84 Å². The second-order valence-electron chi connectivity index (χ2n) is 4.66. The smallest absolute Gasteiger partial charge is 0.271 e. The Kier molecular flexibility index (Phi) is 4.46. The highest BCUT2D eigenvalue weighted by molar-refractivity contribution is 7.91. The summed E-state index contributed by atoms with van der Waals surface area (Å²) < 4.78 is 30.0. The molecule has 0 fully saturated rings. The topological polar surface area (TPSA) is 86.5 Å². The average molecular weight is 321 g/mol. The largest absolute Gasteiger partial charge is 0.456 e. The first-order chi connectivity index (χ1) is 10.3. The number of non-ortho nitro benzene ring substituents is 1. The highest BCUT2D eigenvalue weighted by Gasteiger charge is 2.22. The molecule has 0 amide bonds. The fraction of sp³-hybridized carbons (Fsp3) is 0.200. The Morgan fingerprint density at radius 1 is 1.14 bits per heavy atom. The predicted molar refractivity (Wildman–Crippen MR) is 82.1 cm³/mol. The van der Waals surface area contributed by atoms with Gasteiger partial charge in [0, 0.05) is 12.1 Å². The molecule has 2 rings (SSSR count). The molecule has 0 spiro atoms. The quantitative estimate of drug-likeness (QED) is 0.621. The molecule has 2 aromatic rings. The molecule has 0 aliphatic rings. The Labute approximate surface area is 128 Å². The lowest BCUT2D eigenvalue weighted by Crippen LogP contribution is -2.06. The second-order valence-corrected chi connectivity index (χ2v) is 6.91. The van der Waals surface area contributed by atoms with Gasteiger partial charge in [-0.05, 0) is 24.6 Å². The molecule has 0 atom stereocenters. The van der Waals surface area contributed by atoms with Crippen molar-refractivity contribution >= 4 is 15.5 Å². The fourth-order valence-corrected chi connectivity index (χ4v) is 2.91. The number of nitrogens with zero attached hydrogens (tertiary/aromatic N) is 1.